The van der Waals surface area contributed by atoms with Crippen LogP contribution in [0.25, 0.3) is 33.5 Å². The molecular weight excluding hydrogens is 470 g/mol. The van der Waals surface area contributed by atoms with Gasteiger partial charge in [-0.1, -0.05) is 117 Å². The van der Waals surface area contributed by atoms with Crippen LogP contribution in [0, 0.1) is 0 Å². The number of allylic oxidation sites excluding steroid dienone is 10. The lowest BCUT2D eigenvalue weighted by atomic mass is 9.90. The minimum absolute atomic E-state index is 0.448. The van der Waals surface area contributed by atoms with Crippen LogP contribution >= 0.6 is 0 Å². The lowest BCUT2D eigenvalue weighted by molar-refractivity contribution is 0.993. The van der Waals surface area contributed by atoms with E-state index < -0.39 is 0 Å². The molecule has 1 atom stereocenters. The summed E-state index contributed by atoms with van der Waals surface area (Å²) >= 11 is 0. The summed E-state index contributed by atoms with van der Waals surface area (Å²) in [5.41, 5.74) is 11.2. The summed E-state index contributed by atoms with van der Waals surface area (Å²) in [6.45, 7) is 6.35. The number of nitrogens with zero attached hydrogens (tertiary/aromatic N) is 1. The molecule has 0 saturated heterocycles. The van der Waals surface area contributed by atoms with Crippen LogP contribution in [0.3, 0.4) is 0 Å². The van der Waals surface area contributed by atoms with E-state index in [9.17, 15) is 0 Å². The molecule has 4 aromatic rings. The van der Waals surface area contributed by atoms with Gasteiger partial charge in [0.05, 0.1) is 0 Å². The molecule has 0 aliphatic heterocycles. The molecule has 0 spiro atoms. The fourth-order valence-corrected chi connectivity index (χ4v) is 5.57. The minimum Gasteiger partial charge on any atom is -0.345 e. The average Bonchev–Trinajstić information content (AvgIpc) is 3.36. The van der Waals surface area contributed by atoms with Crippen LogP contribution in [0.4, 0.5) is 11.4 Å². The molecule has 0 N–H and O–H groups in total. The van der Waals surface area contributed by atoms with Gasteiger partial charge in [-0.3, -0.25) is 0 Å². The Balaban J connectivity index is 1.30. The molecular formula is C38H33N. The van der Waals surface area contributed by atoms with Crippen molar-refractivity contribution in [2.75, 3.05) is 11.9 Å². The van der Waals surface area contributed by atoms with Crippen molar-refractivity contribution in [3.63, 3.8) is 0 Å². The van der Waals surface area contributed by atoms with Gasteiger partial charge in [-0.15, -0.1) is 0 Å². The van der Waals surface area contributed by atoms with Crippen LogP contribution in [0.5, 0.6) is 0 Å². The Morgan fingerprint density at radius 2 is 1.54 bits per heavy atom. The summed E-state index contributed by atoms with van der Waals surface area (Å²) in [5.74, 6) is 0.448. The predicted octanol–water partition coefficient (Wildman–Crippen LogP) is 10.4. The summed E-state index contributed by atoms with van der Waals surface area (Å²) in [5, 5.41) is 2.65. The highest BCUT2D eigenvalue weighted by Crippen LogP contribution is 2.41. The Labute approximate surface area is 232 Å². The minimum atomic E-state index is 0.448. The molecule has 190 valence electrons. The molecule has 6 rings (SSSR count). The first-order valence-electron chi connectivity index (χ1n) is 13.7. The van der Waals surface area contributed by atoms with Gasteiger partial charge in [-0.25, -0.2) is 0 Å². The summed E-state index contributed by atoms with van der Waals surface area (Å²) in [4.78, 5) is 2.26. The van der Waals surface area contributed by atoms with Crippen molar-refractivity contribution in [2.24, 2.45) is 0 Å². The van der Waals surface area contributed by atoms with E-state index in [1.807, 2.05) is 12.2 Å². The highest BCUT2D eigenvalue weighted by molar-refractivity contribution is 6.03. The molecule has 0 radical (unpaired) electrons. The van der Waals surface area contributed by atoms with Gasteiger partial charge in [0.15, 0.2) is 0 Å². The molecule has 0 aromatic heterocycles. The summed E-state index contributed by atoms with van der Waals surface area (Å²) in [6, 6.07) is 29.0. The lowest BCUT2D eigenvalue weighted by Crippen LogP contribution is -2.09. The zero-order valence-electron chi connectivity index (χ0n) is 22.6. The van der Waals surface area contributed by atoms with Crippen LogP contribution in [0.15, 0.2) is 140 Å². The molecule has 39 heavy (non-hydrogen) atoms. The van der Waals surface area contributed by atoms with Crippen molar-refractivity contribution >= 4 is 33.8 Å². The third kappa shape index (κ3) is 4.96. The Kier molecular flexibility index (Phi) is 6.73. The molecule has 4 aromatic carbocycles. The molecule has 0 bridgehead atoms. The quantitative estimate of drug-likeness (QED) is 0.268. The maximum atomic E-state index is 4.07. The van der Waals surface area contributed by atoms with Crippen LogP contribution in [-0.4, -0.2) is 7.05 Å². The number of benzene rings is 4. The van der Waals surface area contributed by atoms with Crippen LogP contribution in [-0.2, 0) is 0 Å². The summed E-state index contributed by atoms with van der Waals surface area (Å²) in [7, 11) is 2.14. The van der Waals surface area contributed by atoms with E-state index in [-0.39, 0.29) is 0 Å². The Hall–Kier alpha value is -4.62. The molecule has 0 fully saturated rings. The number of anilines is 2. The van der Waals surface area contributed by atoms with Crippen LogP contribution in [0.1, 0.15) is 36.0 Å². The van der Waals surface area contributed by atoms with E-state index >= 15 is 0 Å². The number of rotatable bonds is 4. The fraction of sp³-hybridized carbons (Fsp3) is 0.105. The monoisotopic (exact) mass is 503 g/mol. The van der Waals surface area contributed by atoms with Gasteiger partial charge in [0.1, 0.15) is 0 Å². The number of hydrogen-bond donors (Lipinski definition) is 0. The van der Waals surface area contributed by atoms with Crippen molar-refractivity contribution in [2.45, 2.75) is 19.3 Å². The summed E-state index contributed by atoms with van der Waals surface area (Å²) < 4.78 is 0. The highest BCUT2D eigenvalue weighted by atomic mass is 15.1. The van der Waals surface area contributed by atoms with Crippen LogP contribution < -0.4 is 4.90 Å². The van der Waals surface area contributed by atoms with Crippen molar-refractivity contribution in [1.29, 1.82) is 0 Å². The lowest BCUT2D eigenvalue weighted by Gasteiger charge is -2.21. The molecule has 0 amide bonds. The molecule has 0 heterocycles. The second-order valence-corrected chi connectivity index (χ2v) is 10.4. The molecule has 1 heteroatoms. The van der Waals surface area contributed by atoms with E-state index in [2.05, 4.69) is 147 Å². The van der Waals surface area contributed by atoms with Gasteiger partial charge in [0.2, 0.25) is 0 Å². The van der Waals surface area contributed by atoms with Gasteiger partial charge in [0, 0.05) is 18.4 Å². The Morgan fingerprint density at radius 3 is 2.38 bits per heavy atom. The first-order valence-corrected chi connectivity index (χ1v) is 13.7. The Morgan fingerprint density at radius 1 is 0.744 bits per heavy atom. The van der Waals surface area contributed by atoms with E-state index in [1.54, 1.807) is 0 Å². The first-order chi connectivity index (χ1) is 19.1. The van der Waals surface area contributed by atoms with E-state index in [4.69, 9.17) is 0 Å². The van der Waals surface area contributed by atoms with Crippen LogP contribution in [0.2, 0.25) is 0 Å². The molecule has 2 aliphatic rings. The topological polar surface area (TPSA) is 3.24 Å². The van der Waals surface area contributed by atoms with Gasteiger partial charge in [-0.2, -0.15) is 0 Å². The van der Waals surface area contributed by atoms with E-state index in [0.29, 0.717) is 5.92 Å². The second-order valence-electron chi connectivity index (χ2n) is 10.4. The molecule has 0 saturated carbocycles. The van der Waals surface area contributed by atoms with Gasteiger partial charge < -0.3 is 4.90 Å². The predicted molar refractivity (Wildman–Crippen MR) is 170 cm³/mol. The average molecular weight is 504 g/mol. The SMILES string of the molecule is C=C1C=C/C=C(/c2cccc(N(C)c3ccc(-c4cc5c(c6ccccc46)C=CC5C)cc3)c2)C/C=C\C=C/1. The van der Waals surface area contributed by atoms with E-state index in [0.717, 1.165) is 17.7 Å². The van der Waals surface area contributed by atoms with E-state index in [1.165, 1.54) is 49.9 Å². The molecule has 1 nitrogen and oxygen atoms in total. The zero-order valence-corrected chi connectivity index (χ0v) is 22.6. The first kappa shape index (κ1) is 24.7. The van der Waals surface area contributed by atoms with Crippen molar-refractivity contribution < 1.29 is 0 Å². The number of fused-ring (bicyclic) bond motifs is 3. The normalized spacial score (nSPS) is 19.4. The molecule has 1 unspecified atom stereocenters. The third-order valence-electron chi connectivity index (χ3n) is 7.83. The standard InChI is InChI=1S/C38H33N/c1-27-11-5-4-6-13-29(14-9-12-27)31-15-10-16-33(25-31)39(3)32-22-20-30(21-23-32)38-26-37-28(2)19-24-36(37)34-17-7-8-18-35(34)38/h4-12,14-26,28H,1,13H2,2-3H3/b6-4-,11-5-,12-9?,29-14+. The summed E-state index contributed by atoms with van der Waals surface area (Å²) in [6.07, 6.45) is 20.2. The van der Waals surface area contributed by atoms with Crippen molar-refractivity contribution in [1.82, 2.24) is 0 Å². The van der Waals surface area contributed by atoms with Gasteiger partial charge in [0.25, 0.3) is 0 Å². The smallest absolute Gasteiger partial charge is 0.0414 e. The van der Waals surface area contributed by atoms with Gasteiger partial charge in [-0.05, 0) is 92.4 Å². The van der Waals surface area contributed by atoms with Crippen molar-refractivity contribution in [3.8, 4) is 11.1 Å². The fourth-order valence-electron chi connectivity index (χ4n) is 5.57. The maximum Gasteiger partial charge on any atom is 0.0414 e. The van der Waals surface area contributed by atoms with Gasteiger partial charge >= 0.3 is 0 Å². The second kappa shape index (κ2) is 10.6. The van der Waals surface area contributed by atoms with Crippen molar-refractivity contribution in [3.05, 3.63) is 156 Å². The Bertz CT molecular complexity index is 1710. The maximum absolute atomic E-state index is 4.07. The third-order valence-corrected chi connectivity index (χ3v) is 7.83. The number of hydrogen-bond acceptors (Lipinski definition) is 1. The zero-order chi connectivity index (χ0) is 26.8. The highest BCUT2D eigenvalue weighted by Gasteiger charge is 2.18. The molecule has 2 aliphatic carbocycles. The largest absolute Gasteiger partial charge is 0.345 e.